The van der Waals surface area contributed by atoms with Gasteiger partial charge >= 0.3 is 5.63 Å². The van der Waals surface area contributed by atoms with Crippen LogP contribution in [0.25, 0.3) is 0 Å². The van der Waals surface area contributed by atoms with Crippen LogP contribution in [0.15, 0.2) is 27.6 Å². The maximum Gasteiger partial charge on any atom is 0.335 e. The topological polar surface area (TPSA) is 76.5 Å². The summed E-state index contributed by atoms with van der Waals surface area (Å²) in [5.74, 6) is 0.362. The maximum atomic E-state index is 12.1. The first-order valence-electron chi connectivity index (χ1n) is 5.69. The van der Waals surface area contributed by atoms with Gasteiger partial charge in [-0.25, -0.2) is 4.79 Å². The Morgan fingerprint density at radius 3 is 2.76 bits per heavy atom. The first-order chi connectivity index (χ1) is 8.13. The molecule has 0 saturated heterocycles. The molecule has 5 nitrogen and oxygen atoms in total. The third kappa shape index (κ3) is 2.55. The van der Waals surface area contributed by atoms with Gasteiger partial charge in [-0.15, -0.1) is 0 Å². The number of likely N-dealkylation sites (N-methyl/N-ethyl adjacent to an activating group) is 1. The third-order valence-electron chi connectivity index (χ3n) is 3.17. The fraction of sp³-hybridized carbons (Fsp3) is 0.500. The van der Waals surface area contributed by atoms with E-state index < -0.39 is 5.63 Å². The summed E-state index contributed by atoms with van der Waals surface area (Å²) in [5.41, 5.74) is 5.61. The highest BCUT2D eigenvalue weighted by Gasteiger charge is 2.35. The molecule has 1 amide bonds. The Morgan fingerprint density at radius 1 is 1.59 bits per heavy atom. The van der Waals surface area contributed by atoms with Gasteiger partial charge in [0, 0.05) is 25.7 Å². The van der Waals surface area contributed by atoms with E-state index in [1.54, 1.807) is 11.9 Å². The molecule has 92 valence electrons. The Labute approximate surface area is 99.2 Å². The Hall–Kier alpha value is -1.62. The van der Waals surface area contributed by atoms with E-state index in [9.17, 15) is 9.59 Å². The molecule has 0 aromatic carbocycles. The second kappa shape index (κ2) is 4.71. The van der Waals surface area contributed by atoms with E-state index in [1.165, 1.54) is 18.4 Å². The van der Waals surface area contributed by atoms with Gasteiger partial charge in [0.15, 0.2) is 0 Å². The van der Waals surface area contributed by atoms with Gasteiger partial charge in [0.1, 0.15) is 6.26 Å². The number of hydrogen-bond donors (Lipinski definition) is 1. The summed E-state index contributed by atoms with van der Waals surface area (Å²) in [6.07, 6.45) is 3.45. The van der Waals surface area contributed by atoms with Gasteiger partial charge in [0.25, 0.3) is 5.91 Å². The number of carbonyl (C=O) groups excluding carboxylic acids is 1. The van der Waals surface area contributed by atoms with Crippen LogP contribution in [0.3, 0.4) is 0 Å². The normalized spacial score (nSPS) is 16.6. The van der Waals surface area contributed by atoms with Crippen LogP contribution in [0.4, 0.5) is 0 Å². The first-order valence-corrected chi connectivity index (χ1v) is 5.69. The van der Waals surface area contributed by atoms with Gasteiger partial charge in [-0.3, -0.25) is 4.79 Å². The van der Waals surface area contributed by atoms with Gasteiger partial charge in [-0.1, -0.05) is 0 Å². The summed E-state index contributed by atoms with van der Waals surface area (Å²) in [5, 5.41) is 0. The lowest BCUT2D eigenvalue weighted by molar-refractivity contribution is 0.0716. The maximum absolute atomic E-state index is 12.1. The summed E-state index contributed by atoms with van der Waals surface area (Å²) in [4.78, 5) is 24.6. The number of rotatable bonds is 4. The smallest absolute Gasteiger partial charge is 0.335 e. The van der Waals surface area contributed by atoms with Crippen molar-refractivity contribution in [1.82, 2.24) is 4.90 Å². The molecule has 0 spiro atoms. The highest BCUT2D eigenvalue weighted by molar-refractivity contribution is 5.93. The number of hydrogen-bond acceptors (Lipinski definition) is 4. The Balaban J connectivity index is 2.13. The fourth-order valence-electron chi connectivity index (χ4n) is 1.98. The average Bonchev–Trinajstić information content (AvgIpc) is 3.14. The summed E-state index contributed by atoms with van der Waals surface area (Å²) < 4.78 is 4.68. The number of nitrogens with zero attached hydrogens (tertiary/aromatic N) is 1. The van der Waals surface area contributed by atoms with Crippen molar-refractivity contribution in [1.29, 1.82) is 0 Å². The molecule has 1 fully saturated rings. The van der Waals surface area contributed by atoms with E-state index >= 15 is 0 Å². The minimum Gasteiger partial charge on any atom is -0.430 e. The van der Waals surface area contributed by atoms with Gasteiger partial charge in [-0.2, -0.15) is 0 Å². The highest BCUT2D eigenvalue weighted by Crippen LogP contribution is 2.34. The molecule has 1 heterocycles. The molecular formula is C12H16N2O3. The predicted octanol–water partition coefficient (Wildman–Crippen LogP) is 0.449. The van der Waals surface area contributed by atoms with E-state index in [0.29, 0.717) is 18.0 Å². The molecular weight excluding hydrogens is 220 g/mol. The van der Waals surface area contributed by atoms with Crippen LogP contribution < -0.4 is 11.4 Å². The molecule has 0 aliphatic heterocycles. The molecule has 5 heteroatoms. The summed E-state index contributed by atoms with van der Waals surface area (Å²) >= 11 is 0. The van der Waals surface area contributed by atoms with E-state index in [2.05, 4.69) is 4.42 Å². The summed E-state index contributed by atoms with van der Waals surface area (Å²) in [7, 11) is 1.74. The largest absolute Gasteiger partial charge is 0.430 e. The van der Waals surface area contributed by atoms with Crippen LogP contribution in [0.5, 0.6) is 0 Å². The van der Waals surface area contributed by atoms with E-state index in [1.807, 2.05) is 0 Å². The molecule has 1 atom stereocenters. The SMILES string of the molecule is CN(C(=O)c1ccc(=O)oc1)C(CN)C1CC1. The molecule has 0 radical (unpaired) electrons. The quantitative estimate of drug-likeness (QED) is 0.823. The highest BCUT2D eigenvalue weighted by atomic mass is 16.4. The monoisotopic (exact) mass is 236 g/mol. The van der Waals surface area contributed by atoms with Gasteiger partial charge < -0.3 is 15.1 Å². The van der Waals surface area contributed by atoms with E-state index in [0.717, 1.165) is 12.8 Å². The minimum atomic E-state index is -0.457. The summed E-state index contributed by atoms with van der Waals surface area (Å²) in [6.45, 7) is 0.462. The molecule has 1 saturated carbocycles. The van der Waals surface area contributed by atoms with E-state index in [4.69, 9.17) is 5.73 Å². The molecule has 0 bridgehead atoms. The molecule has 1 aromatic rings. The second-order valence-electron chi connectivity index (χ2n) is 4.40. The standard InChI is InChI=1S/C12H16N2O3/c1-14(10(6-13)8-2-3-8)12(16)9-4-5-11(15)17-7-9/h4-5,7-8,10H,2-3,6,13H2,1H3. The van der Waals surface area contributed by atoms with Crippen molar-refractivity contribution in [3.63, 3.8) is 0 Å². The van der Waals surface area contributed by atoms with Gasteiger partial charge in [0.2, 0.25) is 0 Å². The van der Waals surface area contributed by atoms with Crippen LogP contribution in [-0.4, -0.2) is 30.4 Å². The van der Waals surface area contributed by atoms with Gasteiger partial charge in [-0.05, 0) is 24.8 Å². The van der Waals surface area contributed by atoms with Crippen molar-refractivity contribution < 1.29 is 9.21 Å². The van der Waals surface area contributed by atoms with Crippen LogP contribution in [0.1, 0.15) is 23.2 Å². The number of nitrogens with two attached hydrogens (primary N) is 1. The zero-order valence-corrected chi connectivity index (χ0v) is 9.76. The lowest BCUT2D eigenvalue weighted by atomic mass is 10.1. The van der Waals surface area contributed by atoms with Crippen molar-refractivity contribution in [2.45, 2.75) is 18.9 Å². The predicted molar refractivity (Wildman–Crippen MR) is 62.6 cm³/mol. The zero-order valence-electron chi connectivity index (χ0n) is 9.76. The molecule has 1 unspecified atom stereocenters. The molecule has 2 N–H and O–H groups in total. The van der Waals surface area contributed by atoms with Crippen molar-refractivity contribution in [3.8, 4) is 0 Å². The van der Waals surface area contributed by atoms with Crippen LogP contribution in [0, 0.1) is 5.92 Å². The molecule has 1 aliphatic carbocycles. The Morgan fingerprint density at radius 2 is 2.29 bits per heavy atom. The van der Waals surface area contributed by atoms with Gasteiger partial charge in [0.05, 0.1) is 5.56 Å². The van der Waals surface area contributed by atoms with Crippen LogP contribution >= 0.6 is 0 Å². The molecule has 1 aromatic heterocycles. The zero-order chi connectivity index (χ0) is 12.4. The molecule has 17 heavy (non-hydrogen) atoms. The lowest BCUT2D eigenvalue weighted by Gasteiger charge is -2.26. The fourth-order valence-corrected chi connectivity index (χ4v) is 1.98. The van der Waals surface area contributed by atoms with E-state index in [-0.39, 0.29) is 11.9 Å². The Kier molecular flexibility index (Phi) is 3.28. The van der Waals surface area contributed by atoms with Crippen LogP contribution in [-0.2, 0) is 0 Å². The molecule has 2 rings (SSSR count). The number of amides is 1. The van der Waals surface area contributed by atoms with Crippen molar-refractivity contribution in [3.05, 3.63) is 34.4 Å². The van der Waals surface area contributed by atoms with Crippen LogP contribution in [0.2, 0.25) is 0 Å². The van der Waals surface area contributed by atoms with Crippen molar-refractivity contribution >= 4 is 5.91 Å². The summed E-state index contributed by atoms with van der Waals surface area (Å²) in [6, 6.07) is 2.80. The lowest BCUT2D eigenvalue weighted by Crippen LogP contribution is -2.43. The Bertz CT molecular complexity index is 445. The average molecular weight is 236 g/mol. The first kappa shape index (κ1) is 11.9. The van der Waals surface area contributed by atoms with Crippen molar-refractivity contribution in [2.75, 3.05) is 13.6 Å². The molecule has 1 aliphatic rings. The number of carbonyl (C=O) groups is 1. The van der Waals surface area contributed by atoms with Crippen molar-refractivity contribution in [2.24, 2.45) is 11.7 Å². The third-order valence-corrected chi connectivity index (χ3v) is 3.17. The minimum absolute atomic E-state index is 0.0782. The second-order valence-corrected chi connectivity index (χ2v) is 4.40.